The largest absolute Gasteiger partial charge is 0.343 e. The second kappa shape index (κ2) is 5.94. The van der Waals surface area contributed by atoms with Gasteiger partial charge in [0.05, 0.1) is 6.04 Å². The fraction of sp³-hybridized carbons (Fsp3) is 0.889. The molecule has 0 radical (unpaired) electrons. The van der Waals surface area contributed by atoms with Gasteiger partial charge < -0.3 is 16.0 Å². The van der Waals surface area contributed by atoms with Gasteiger partial charge in [-0.15, -0.1) is 0 Å². The van der Waals surface area contributed by atoms with E-state index in [0.29, 0.717) is 6.54 Å². The summed E-state index contributed by atoms with van der Waals surface area (Å²) in [7, 11) is 3.64. The molecule has 0 saturated heterocycles. The number of rotatable bonds is 5. The molecule has 1 unspecified atom stereocenters. The second-order valence-electron chi connectivity index (χ2n) is 3.63. The summed E-state index contributed by atoms with van der Waals surface area (Å²) in [4.78, 5) is 13.2. The van der Waals surface area contributed by atoms with Gasteiger partial charge in [0.1, 0.15) is 0 Å². The third-order valence-electron chi connectivity index (χ3n) is 2.08. The maximum atomic E-state index is 11.6. The first kappa shape index (κ1) is 12.4. The predicted molar refractivity (Wildman–Crippen MR) is 54.4 cm³/mol. The smallest absolute Gasteiger partial charge is 0.239 e. The number of carbonyl (C=O) groups is 1. The van der Waals surface area contributed by atoms with Gasteiger partial charge in [0, 0.05) is 20.1 Å². The second-order valence-corrected chi connectivity index (χ2v) is 3.63. The first-order valence-corrected chi connectivity index (χ1v) is 4.65. The molecule has 0 aliphatic carbocycles. The van der Waals surface area contributed by atoms with E-state index >= 15 is 0 Å². The fourth-order valence-electron chi connectivity index (χ4n) is 0.929. The number of nitrogens with zero attached hydrogens (tertiary/aromatic N) is 1. The van der Waals surface area contributed by atoms with Gasteiger partial charge in [-0.1, -0.05) is 13.8 Å². The van der Waals surface area contributed by atoms with Crippen LogP contribution in [0.4, 0.5) is 0 Å². The Labute approximate surface area is 80.5 Å². The molecular weight excluding hydrogens is 166 g/mol. The predicted octanol–water partition coefficient (Wildman–Crippen LogP) is -0.352. The number of likely N-dealkylation sites (N-methyl/N-ethyl adjacent to an activating group) is 2. The zero-order valence-corrected chi connectivity index (χ0v) is 9.00. The molecule has 0 heterocycles. The van der Waals surface area contributed by atoms with Gasteiger partial charge in [-0.25, -0.2) is 0 Å². The molecule has 3 N–H and O–H groups in total. The zero-order valence-electron chi connectivity index (χ0n) is 9.00. The Bertz CT molecular complexity index is 159. The molecule has 0 fully saturated rings. The van der Waals surface area contributed by atoms with Gasteiger partial charge in [-0.3, -0.25) is 4.79 Å². The summed E-state index contributed by atoms with van der Waals surface area (Å²) in [6.07, 6.45) is 0. The number of nitrogens with two attached hydrogens (primary N) is 1. The van der Waals surface area contributed by atoms with Crippen LogP contribution in [0.15, 0.2) is 0 Å². The summed E-state index contributed by atoms with van der Waals surface area (Å²) in [5.41, 5.74) is 5.72. The van der Waals surface area contributed by atoms with Gasteiger partial charge in [-0.05, 0) is 13.0 Å². The van der Waals surface area contributed by atoms with Crippen molar-refractivity contribution in [2.24, 2.45) is 11.7 Å². The molecule has 0 saturated carbocycles. The molecular formula is C9H21N3O. The summed E-state index contributed by atoms with van der Waals surface area (Å²) in [6, 6.07) is -0.373. The molecule has 0 spiro atoms. The Morgan fingerprint density at radius 2 is 2.08 bits per heavy atom. The van der Waals surface area contributed by atoms with E-state index in [1.807, 2.05) is 20.9 Å². The van der Waals surface area contributed by atoms with E-state index in [4.69, 9.17) is 5.73 Å². The van der Waals surface area contributed by atoms with Crippen molar-refractivity contribution in [2.45, 2.75) is 19.9 Å². The Hall–Kier alpha value is -0.610. The van der Waals surface area contributed by atoms with Gasteiger partial charge in [-0.2, -0.15) is 0 Å². The van der Waals surface area contributed by atoms with Crippen LogP contribution in [-0.4, -0.2) is 44.0 Å². The van der Waals surface area contributed by atoms with Gasteiger partial charge in [0.2, 0.25) is 5.91 Å². The highest BCUT2D eigenvalue weighted by molar-refractivity contribution is 5.81. The van der Waals surface area contributed by atoms with Crippen LogP contribution >= 0.6 is 0 Å². The summed E-state index contributed by atoms with van der Waals surface area (Å²) in [5.74, 6) is 0.217. The lowest BCUT2D eigenvalue weighted by Gasteiger charge is -2.23. The number of amides is 1. The normalized spacial score (nSPS) is 13.1. The highest BCUT2D eigenvalue weighted by Gasteiger charge is 2.20. The molecule has 13 heavy (non-hydrogen) atoms. The van der Waals surface area contributed by atoms with E-state index in [9.17, 15) is 4.79 Å². The number of hydrogen-bond donors (Lipinski definition) is 2. The van der Waals surface area contributed by atoms with Gasteiger partial charge >= 0.3 is 0 Å². The third-order valence-corrected chi connectivity index (χ3v) is 2.08. The first-order valence-electron chi connectivity index (χ1n) is 4.65. The molecule has 78 valence electrons. The summed E-state index contributed by atoms with van der Waals surface area (Å²) in [5, 5.41) is 2.99. The van der Waals surface area contributed by atoms with Crippen LogP contribution in [0.25, 0.3) is 0 Å². The number of nitrogens with one attached hydrogen (secondary N) is 1. The maximum Gasteiger partial charge on any atom is 0.239 e. The van der Waals surface area contributed by atoms with Crippen LogP contribution in [0.2, 0.25) is 0 Å². The minimum Gasteiger partial charge on any atom is -0.343 e. The highest BCUT2D eigenvalue weighted by Crippen LogP contribution is 2.01. The van der Waals surface area contributed by atoms with Crippen molar-refractivity contribution in [2.75, 3.05) is 27.2 Å². The molecule has 0 rings (SSSR count). The average molecular weight is 187 g/mol. The SMILES string of the molecule is CNCCN(C)C(=O)C(N)C(C)C. The van der Waals surface area contributed by atoms with Crippen LogP contribution < -0.4 is 11.1 Å². The van der Waals surface area contributed by atoms with Gasteiger partial charge in [0.25, 0.3) is 0 Å². The Balaban J connectivity index is 3.94. The van der Waals surface area contributed by atoms with Crippen molar-refractivity contribution in [3.8, 4) is 0 Å². The lowest BCUT2D eigenvalue weighted by atomic mass is 10.0. The minimum atomic E-state index is -0.373. The Kier molecular flexibility index (Phi) is 5.66. The van der Waals surface area contributed by atoms with Crippen LogP contribution in [0.1, 0.15) is 13.8 Å². The summed E-state index contributed by atoms with van der Waals surface area (Å²) < 4.78 is 0. The monoisotopic (exact) mass is 187 g/mol. The minimum absolute atomic E-state index is 0.0188. The van der Waals surface area contributed by atoms with Crippen LogP contribution in [0, 0.1) is 5.92 Å². The van der Waals surface area contributed by atoms with E-state index in [-0.39, 0.29) is 17.9 Å². The molecule has 1 amide bonds. The van der Waals surface area contributed by atoms with Crippen molar-refractivity contribution in [1.82, 2.24) is 10.2 Å². The zero-order chi connectivity index (χ0) is 10.4. The molecule has 4 heteroatoms. The van der Waals surface area contributed by atoms with Crippen LogP contribution in [0.3, 0.4) is 0 Å². The van der Waals surface area contributed by atoms with Crippen molar-refractivity contribution in [3.05, 3.63) is 0 Å². The van der Waals surface area contributed by atoms with E-state index in [0.717, 1.165) is 6.54 Å². The van der Waals surface area contributed by atoms with Crippen molar-refractivity contribution < 1.29 is 4.79 Å². The average Bonchev–Trinajstić information content (AvgIpc) is 2.11. The molecule has 0 aliphatic heterocycles. The van der Waals surface area contributed by atoms with Crippen molar-refractivity contribution in [3.63, 3.8) is 0 Å². The maximum absolute atomic E-state index is 11.6. The van der Waals surface area contributed by atoms with E-state index in [1.165, 1.54) is 0 Å². The Morgan fingerprint density at radius 1 is 1.54 bits per heavy atom. The van der Waals surface area contributed by atoms with Crippen LogP contribution in [-0.2, 0) is 4.79 Å². The van der Waals surface area contributed by atoms with E-state index in [2.05, 4.69) is 5.32 Å². The molecule has 0 bridgehead atoms. The molecule has 4 nitrogen and oxygen atoms in total. The van der Waals surface area contributed by atoms with E-state index in [1.54, 1.807) is 11.9 Å². The molecule has 0 aromatic carbocycles. The molecule has 0 aromatic rings. The molecule has 1 atom stereocenters. The van der Waals surface area contributed by atoms with Crippen LogP contribution in [0.5, 0.6) is 0 Å². The lowest BCUT2D eigenvalue weighted by molar-refractivity contribution is -0.132. The van der Waals surface area contributed by atoms with Crippen molar-refractivity contribution in [1.29, 1.82) is 0 Å². The molecule has 0 aromatic heterocycles. The number of hydrogen-bond acceptors (Lipinski definition) is 3. The standard InChI is InChI=1S/C9H21N3O/c1-7(2)8(10)9(13)12(4)6-5-11-3/h7-8,11H,5-6,10H2,1-4H3. The molecule has 0 aliphatic rings. The highest BCUT2D eigenvalue weighted by atomic mass is 16.2. The Morgan fingerprint density at radius 3 is 2.46 bits per heavy atom. The van der Waals surface area contributed by atoms with Crippen molar-refractivity contribution >= 4 is 5.91 Å². The lowest BCUT2D eigenvalue weighted by Crippen LogP contribution is -2.46. The summed E-state index contributed by atoms with van der Waals surface area (Å²) >= 11 is 0. The topological polar surface area (TPSA) is 58.4 Å². The van der Waals surface area contributed by atoms with E-state index < -0.39 is 0 Å². The quantitative estimate of drug-likeness (QED) is 0.618. The van der Waals surface area contributed by atoms with Gasteiger partial charge in [0.15, 0.2) is 0 Å². The summed E-state index contributed by atoms with van der Waals surface area (Å²) in [6.45, 7) is 5.41. The number of carbonyl (C=O) groups excluding carboxylic acids is 1. The third kappa shape index (κ3) is 4.24. The first-order chi connectivity index (χ1) is 6.00. The fourth-order valence-corrected chi connectivity index (χ4v) is 0.929.